The maximum atomic E-state index is 11.7. The Morgan fingerprint density at radius 2 is 1.74 bits per heavy atom. The Bertz CT molecular complexity index is 305. The second-order valence-electron chi connectivity index (χ2n) is 6.27. The molecule has 1 saturated heterocycles. The zero-order valence-electron chi connectivity index (χ0n) is 12.7. The number of nitrogens with zero attached hydrogens (tertiary/aromatic N) is 1. The van der Waals surface area contributed by atoms with Crippen LogP contribution in [0, 0.1) is 11.8 Å². The van der Waals surface area contributed by atoms with Gasteiger partial charge >= 0.3 is 0 Å². The zero-order chi connectivity index (χ0) is 14.4. The third-order valence-electron chi connectivity index (χ3n) is 3.65. The van der Waals surface area contributed by atoms with Gasteiger partial charge in [-0.2, -0.15) is 0 Å². The number of carbonyl (C=O) groups excluding carboxylic acids is 2. The molecule has 0 atom stereocenters. The van der Waals surface area contributed by atoms with Gasteiger partial charge in [0, 0.05) is 18.4 Å². The van der Waals surface area contributed by atoms with Gasteiger partial charge in [0.1, 0.15) is 5.78 Å². The van der Waals surface area contributed by atoms with E-state index in [2.05, 4.69) is 10.2 Å². The van der Waals surface area contributed by atoms with E-state index < -0.39 is 0 Å². The van der Waals surface area contributed by atoms with Gasteiger partial charge in [0.25, 0.3) is 0 Å². The fourth-order valence-corrected chi connectivity index (χ4v) is 2.39. The molecule has 1 N–H and O–H groups in total. The molecule has 0 spiro atoms. The molecule has 1 heterocycles. The molecule has 0 unspecified atom stereocenters. The maximum Gasteiger partial charge on any atom is 0.220 e. The molecule has 0 aromatic heterocycles. The van der Waals surface area contributed by atoms with Gasteiger partial charge in [0.15, 0.2) is 0 Å². The maximum absolute atomic E-state index is 11.7. The normalized spacial score (nSPS) is 18.0. The number of ketones is 1. The van der Waals surface area contributed by atoms with Crippen molar-refractivity contribution >= 4 is 11.7 Å². The SMILES string of the molecule is CC(C)NC(=O)CC1CCN(CC(=O)C(C)C)CC1. The third-order valence-corrected chi connectivity index (χ3v) is 3.65. The molecule has 1 rings (SSSR count). The van der Waals surface area contributed by atoms with Crippen LogP contribution < -0.4 is 5.32 Å². The van der Waals surface area contributed by atoms with Crippen molar-refractivity contribution in [2.75, 3.05) is 19.6 Å². The standard InChI is InChI=1S/C15H28N2O2/c1-11(2)14(18)10-17-7-5-13(6-8-17)9-15(19)16-12(3)4/h11-13H,5-10H2,1-4H3,(H,16,19). The lowest BCUT2D eigenvalue weighted by atomic mass is 9.92. The summed E-state index contributed by atoms with van der Waals surface area (Å²) < 4.78 is 0. The molecule has 1 aliphatic heterocycles. The number of hydrogen-bond acceptors (Lipinski definition) is 3. The Morgan fingerprint density at radius 3 is 2.21 bits per heavy atom. The van der Waals surface area contributed by atoms with Crippen LogP contribution in [0.3, 0.4) is 0 Å². The van der Waals surface area contributed by atoms with Crippen molar-refractivity contribution in [3.63, 3.8) is 0 Å². The lowest BCUT2D eigenvalue weighted by Gasteiger charge is -2.31. The average Bonchev–Trinajstić information content (AvgIpc) is 2.30. The molecule has 110 valence electrons. The summed E-state index contributed by atoms with van der Waals surface area (Å²) >= 11 is 0. The fraction of sp³-hybridized carbons (Fsp3) is 0.867. The van der Waals surface area contributed by atoms with E-state index in [0.717, 1.165) is 25.9 Å². The molecule has 1 fully saturated rings. The summed E-state index contributed by atoms with van der Waals surface area (Å²) in [7, 11) is 0. The number of piperidine rings is 1. The van der Waals surface area contributed by atoms with Crippen LogP contribution in [0.1, 0.15) is 47.0 Å². The van der Waals surface area contributed by atoms with E-state index in [1.54, 1.807) is 0 Å². The summed E-state index contributed by atoms with van der Waals surface area (Å²) in [6.45, 7) is 10.3. The molecule has 0 aromatic rings. The lowest BCUT2D eigenvalue weighted by Crippen LogP contribution is -2.40. The number of rotatable bonds is 6. The van der Waals surface area contributed by atoms with Gasteiger partial charge < -0.3 is 5.32 Å². The van der Waals surface area contributed by atoms with E-state index in [4.69, 9.17) is 0 Å². The van der Waals surface area contributed by atoms with Crippen LogP contribution in [-0.2, 0) is 9.59 Å². The molecular weight excluding hydrogens is 240 g/mol. The van der Waals surface area contributed by atoms with Crippen molar-refractivity contribution in [2.24, 2.45) is 11.8 Å². The highest BCUT2D eigenvalue weighted by molar-refractivity contribution is 5.82. The van der Waals surface area contributed by atoms with E-state index >= 15 is 0 Å². The van der Waals surface area contributed by atoms with E-state index in [-0.39, 0.29) is 17.9 Å². The van der Waals surface area contributed by atoms with E-state index in [1.807, 2.05) is 27.7 Å². The highest BCUT2D eigenvalue weighted by atomic mass is 16.1. The highest BCUT2D eigenvalue weighted by Gasteiger charge is 2.23. The lowest BCUT2D eigenvalue weighted by molar-refractivity contribution is -0.125. The minimum Gasteiger partial charge on any atom is -0.354 e. The molecule has 0 aliphatic carbocycles. The predicted octanol–water partition coefficient (Wildman–Crippen LogP) is 1.84. The molecule has 4 heteroatoms. The molecule has 4 nitrogen and oxygen atoms in total. The molecule has 0 radical (unpaired) electrons. The molecule has 19 heavy (non-hydrogen) atoms. The first-order valence-electron chi connectivity index (χ1n) is 7.43. The Kier molecular flexibility index (Phi) is 6.49. The van der Waals surface area contributed by atoms with Crippen LogP contribution in [0.15, 0.2) is 0 Å². The summed E-state index contributed by atoms with van der Waals surface area (Å²) in [6, 6.07) is 0.219. The van der Waals surface area contributed by atoms with Gasteiger partial charge in [-0.15, -0.1) is 0 Å². The second-order valence-corrected chi connectivity index (χ2v) is 6.27. The van der Waals surface area contributed by atoms with Crippen LogP contribution in [-0.4, -0.2) is 42.3 Å². The molecule has 1 amide bonds. The number of likely N-dealkylation sites (tertiary alicyclic amines) is 1. The highest BCUT2D eigenvalue weighted by Crippen LogP contribution is 2.20. The van der Waals surface area contributed by atoms with Crippen LogP contribution >= 0.6 is 0 Å². The van der Waals surface area contributed by atoms with Crippen molar-refractivity contribution in [3.8, 4) is 0 Å². The molecule has 0 aromatic carbocycles. The minimum absolute atomic E-state index is 0.120. The summed E-state index contributed by atoms with van der Waals surface area (Å²) in [5.74, 6) is 1.07. The van der Waals surface area contributed by atoms with Crippen molar-refractivity contribution in [1.29, 1.82) is 0 Å². The monoisotopic (exact) mass is 268 g/mol. The van der Waals surface area contributed by atoms with Gasteiger partial charge in [-0.05, 0) is 45.7 Å². The van der Waals surface area contributed by atoms with Crippen LogP contribution in [0.4, 0.5) is 0 Å². The van der Waals surface area contributed by atoms with E-state index in [9.17, 15) is 9.59 Å². The van der Waals surface area contributed by atoms with Gasteiger partial charge in [-0.25, -0.2) is 0 Å². The fourth-order valence-electron chi connectivity index (χ4n) is 2.39. The van der Waals surface area contributed by atoms with Crippen LogP contribution in [0.25, 0.3) is 0 Å². The quantitative estimate of drug-likeness (QED) is 0.799. The summed E-state index contributed by atoms with van der Waals surface area (Å²) in [5.41, 5.74) is 0. The van der Waals surface area contributed by atoms with Crippen LogP contribution in [0.5, 0.6) is 0 Å². The molecule has 1 aliphatic rings. The molecule has 0 saturated carbocycles. The topological polar surface area (TPSA) is 49.4 Å². The van der Waals surface area contributed by atoms with Crippen molar-refractivity contribution < 1.29 is 9.59 Å². The van der Waals surface area contributed by atoms with Gasteiger partial charge in [-0.3, -0.25) is 14.5 Å². The molecule has 0 bridgehead atoms. The number of nitrogens with one attached hydrogen (secondary N) is 1. The van der Waals surface area contributed by atoms with Gasteiger partial charge in [0.2, 0.25) is 5.91 Å². The smallest absolute Gasteiger partial charge is 0.220 e. The van der Waals surface area contributed by atoms with E-state index in [0.29, 0.717) is 24.7 Å². The third kappa shape index (κ3) is 6.19. The number of amides is 1. The first kappa shape index (κ1) is 16.2. The Hall–Kier alpha value is -0.900. The second kappa shape index (κ2) is 7.63. The summed E-state index contributed by atoms with van der Waals surface area (Å²) in [5, 5.41) is 2.94. The number of carbonyl (C=O) groups is 2. The minimum atomic E-state index is 0.120. The number of Topliss-reactive ketones (excluding diaryl/α,β-unsaturated/α-hetero) is 1. The summed E-state index contributed by atoms with van der Waals surface area (Å²) in [4.78, 5) is 25.6. The molecular formula is C15H28N2O2. The summed E-state index contributed by atoms with van der Waals surface area (Å²) in [6.07, 6.45) is 2.68. The first-order valence-corrected chi connectivity index (χ1v) is 7.43. The van der Waals surface area contributed by atoms with Crippen LogP contribution in [0.2, 0.25) is 0 Å². The Labute approximate surface area is 116 Å². The van der Waals surface area contributed by atoms with Crippen molar-refractivity contribution in [1.82, 2.24) is 10.2 Å². The van der Waals surface area contributed by atoms with Gasteiger partial charge in [-0.1, -0.05) is 13.8 Å². The van der Waals surface area contributed by atoms with Gasteiger partial charge in [0.05, 0.1) is 6.54 Å². The predicted molar refractivity (Wildman–Crippen MR) is 76.9 cm³/mol. The van der Waals surface area contributed by atoms with E-state index in [1.165, 1.54) is 0 Å². The first-order chi connectivity index (χ1) is 8.88. The largest absolute Gasteiger partial charge is 0.354 e. The average molecular weight is 268 g/mol. The Balaban J connectivity index is 2.25. The zero-order valence-corrected chi connectivity index (χ0v) is 12.7. The Morgan fingerprint density at radius 1 is 1.16 bits per heavy atom. The van der Waals surface area contributed by atoms with Crippen molar-refractivity contribution in [3.05, 3.63) is 0 Å². The number of hydrogen-bond donors (Lipinski definition) is 1. The van der Waals surface area contributed by atoms with Crippen molar-refractivity contribution in [2.45, 2.75) is 53.0 Å².